The van der Waals surface area contributed by atoms with Gasteiger partial charge in [0.1, 0.15) is 0 Å². The summed E-state index contributed by atoms with van der Waals surface area (Å²) in [4.78, 5) is 14.5. The third-order valence-corrected chi connectivity index (χ3v) is 6.71. The Bertz CT molecular complexity index is 712. The van der Waals surface area contributed by atoms with Crippen molar-refractivity contribution in [3.05, 3.63) is 35.9 Å². The zero-order chi connectivity index (χ0) is 19.7. The van der Waals surface area contributed by atoms with Crippen LogP contribution in [0.1, 0.15) is 57.9 Å². The minimum absolute atomic E-state index is 0.0000326. The Labute approximate surface area is 164 Å². The smallest absolute Gasteiger partial charge is 0.246 e. The molecule has 2 rings (SSSR count). The van der Waals surface area contributed by atoms with E-state index in [1.165, 1.54) is 0 Å². The van der Waals surface area contributed by atoms with Gasteiger partial charge in [-0.05, 0) is 49.5 Å². The van der Waals surface area contributed by atoms with Gasteiger partial charge < -0.3 is 4.90 Å². The predicted octanol–water partition coefficient (Wildman–Crippen LogP) is 3.91. The monoisotopic (exact) mass is 392 g/mol. The van der Waals surface area contributed by atoms with Gasteiger partial charge in [-0.15, -0.1) is 0 Å². The fourth-order valence-electron chi connectivity index (χ4n) is 3.33. The highest BCUT2D eigenvalue weighted by Gasteiger charge is 2.24. The van der Waals surface area contributed by atoms with E-state index in [4.69, 9.17) is 0 Å². The van der Waals surface area contributed by atoms with Gasteiger partial charge in [0, 0.05) is 32.3 Å². The largest absolute Gasteiger partial charge is 0.339 e. The average Bonchev–Trinajstić information content (AvgIpc) is 2.96. The van der Waals surface area contributed by atoms with Crippen LogP contribution in [0.2, 0.25) is 0 Å². The molecule has 27 heavy (non-hydrogen) atoms. The fraction of sp³-hybridized carbons (Fsp3) is 0.571. The summed E-state index contributed by atoms with van der Waals surface area (Å²) >= 11 is 0. The molecule has 1 aliphatic heterocycles. The zero-order valence-corrected chi connectivity index (χ0v) is 17.4. The van der Waals surface area contributed by atoms with Crippen LogP contribution in [0.3, 0.4) is 0 Å². The Kier molecular flexibility index (Phi) is 8.51. The normalized spacial score (nSPS) is 16.4. The molecule has 0 bridgehead atoms. The van der Waals surface area contributed by atoms with Crippen LogP contribution in [0.25, 0.3) is 6.08 Å². The van der Waals surface area contributed by atoms with Crippen molar-refractivity contribution in [2.75, 3.05) is 26.2 Å². The van der Waals surface area contributed by atoms with Gasteiger partial charge in [0.15, 0.2) is 0 Å². The van der Waals surface area contributed by atoms with Crippen LogP contribution >= 0.6 is 0 Å². The maximum Gasteiger partial charge on any atom is 0.246 e. The molecule has 0 unspecified atom stereocenters. The van der Waals surface area contributed by atoms with Gasteiger partial charge in [-0.3, -0.25) is 4.79 Å². The number of amides is 1. The number of sulfonamides is 1. The van der Waals surface area contributed by atoms with Crippen LogP contribution in [0, 0.1) is 0 Å². The van der Waals surface area contributed by atoms with E-state index in [9.17, 15) is 13.2 Å². The molecule has 6 heteroatoms. The Balaban J connectivity index is 2.06. The lowest BCUT2D eigenvalue weighted by Crippen LogP contribution is -2.31. The average molecular weight is 393 g/mol. The molecule has 1 saturated heterocycles. The summed E-state index contributed by atoms with van der Waals surface area (Å²) in [6.07, 6.45) is 9.23. The molecule has 5 nitrogen and oxygen atoms in total. The second-order valence-electron chi connectivity index (χ2n) is 7.05. The van der Waals surface area contributed by atoms with Gasteiger partial charge in [-0.25, -0.2) is 8.42 Å². The van der Waals surface area contributed by atoms with Crippen LogP contribution in [-0.2, 0) is 14.8 Å². The number of rotatable bonds is 8. The second kappa shape index (κ2) is 10.6. The van der Waals surface area contributed by atoms with Gasteiger partial charge in [0.25, 0.3) is 0 Å². The van der Waals surface area contributed by atoms with Gasteiger partial charge in [-0.2, -0.15) is 4.31 Å². The van der Waals surface area contributed by atoms with E-state index in [1.54, 1.807) is 40.7 Å². The molecule has 0 aromatic heterocycles. The Morgan fingerprint density at radius 1 is 1.00 bits per heavy atom. The molecule has 1 aromatic carbocycles. The minimum atomic E-state index is -3.43. The second-order valence-corrected chi connectivity index (χ2v) is 8.98. The first-order valence-corrected chi connectivity index (χ1v) is 11.5. The highest BCUT2D eigenvalue weighted by molar-refractivity contribution is 7.89. The molecule has 0 atom stereocenters. The molecule has 1 amide bonds. The maximum atomic E-state index is 12.8. The number of nitrogens with zero attached hydrogens (tertiary/aromatic N) is 2. The lowest BCUT2D eigenvalue weighted by Gasteiger charge is -2.20. The summed E-state index contributed by atoms with van der Waals surface area (Å²) in [5.41, 5.74) is 0.825. The molecule has 0 saturated carbocycles. The molecule has 0 N–H and O–H groups in total. The van der Waals surface area contributed by atoms with Gasteiger partial charge >= 0.3 is 0 Å². The van der Waals surface area contributed by atoms with Crippen molar-refractivity contribution in [2.45, 2.75) is 57.3 Å². The summed E-state index contributed by atoms with van der Waals surface area (Å²) in [6, 6.07) is 6.80. The first-order valence-electron chi connectivity index (χ1n) is 10.1. The van der Waals surface area contributed by atoms with E-state index in [2.05, 4.69) is 13.8 Å². The van der Waals surface area contributed by atoms with E-state index < -0.39 is 10.0 Å². The van der Waals surface area contributed by atoms with Crippen LogP contribution in [-0.4, -0.2) is 49.7 Å². The lowest BCUT2D eigenvalue weighted by molar-refractivity contribution is -0.126. The highest BCUT2D eigenvalue weighted by atomic mass is 32.2. The molecule has 150 valence electrons. The minimum Gasteiger partial charge on any atom is -0.339 e. The molecular formula is C21H32N2O3S. The summed E-state index contributed by atoms with van der Waals surface area (Å²) < 4.78 is 27.2. The van der Waals surface area contributed by atoms with E-state index in [0.29, 0.717) is 18.0 Å². The molecule has 0 radical (unpaired) electrons. The van der Waals surface area contributed by atoms with Crippen molar-refractivity contribution in [1.82, 2.24) is 9.21 Å². The number of carbonyl (C=O) groups excluding carboxylic acids is 1. The number of hydrogen-bond acceptors (Lipinski definition) is 3. The first-order chi connectivity index (χ1) is 13.0. The van der Waals surface area contributed by atoms with Crippen LogP contribution in [0.4, 0.5) is 0 Å². The van der Waals surface area contributed by atoms with Crippen molar-refractivity contribution >= 4 is 22.0 Å². The van der Waals surface area contributed by atoms with Crippen LogP contribution in [0.15, 0.2) is 35.2 Å². The summed E-state index contributed by atoms with van der Waals surface area (Å²) in [5.74, 6) is -0.0000326. The van der Waals surface area contributed by atoms with Crippen molar-refractivity contribution in [2.24, 2.45) is 0 Å². The van der Waals surface area contributed by atoms with Gasteiger partial charge in [0.2, 0.25) is 15.9 Å². The quantitative estimate of drug-likeness (QED) is 0.630. The lowest BCUT2D eigenvalue weighted by atomic mass is 10.2. The van der Waals surface area contributed by atoms with E-state index in [0.717, 1.165) is 57.2 Å². The molecule has 1 aliphatic rings. The third kappa shape index (κ3) is 6.18. The SMILES string of the molecule is CCCN(CCC)C(=O)C=Cc1ccc(S(=O)(=O)N2CCCCCC2)cc1. The fourth-order valence-corrected chi connectivity index (χ4v) is 4.84. The van der Waals surface area contributed by atoms with Crippen LogP contribution < -0.4 is 0 Å². The molecule has 1 heterocycles. The molecular weight excluding hydrogens is 360 g/mol. The van der Waals surface area contributed by atoms with Crippen LogP contribution in [0.5, 0.6) is 0 Å². The Hall–Kier alpha value is -1.66. The molecule has 1 fully saturated rings. The van der Waals surface area contributed by atoms with Crippen molar-refractivity contribution in [3.8, 4) is 0 Å². The van der Waals surface area contributed by atoms with Gasteiger partial charge in [-0.1, -0.05) is 38.8 Å². The topological polar surface area (TPSA) is 57.7 Å². The molecule has 1 aromatic rings. The van der Waals surface area contributed by atoms with E-state index >= 15 is 0 Å². The molecule has 0 spiro atoms. The van der Waals surface area contributed by atoms with Crippen molar-refractivity contribution in [1.29, 1.82) is 0 Å². The van der Waals surface area contributed by atoms with E-state index in [1.807, 2.05) is 4.90 Å². The first kappa shape index (κ1) is 21.6. The van der Waals surface area contributed by atoms with Gasteiger partial charge in [0.05, 0.1) is 4.90 Å². The number of hydrogen-bond donors (Lipinski definition) is 0. The number of benzene rings is 1. The molecule has 0 aliphatic carbocycles. The van der Waals surface area contributed by atoms with Crippen molar-refractivity contribution < 1.29 is 13.2 Å². The third-order valence-electron chi connectivity index (χ3n) is 4.80. The summed E-state index contributed by atoms with van der Waals surface area (Å²) in [7, 11) is -3.43. The standard InChI is InChI=1S/C21H32N2O3S/c1-3-15-22(16-4-2)21(24)14-11-19-9-12-20(13-10-19)27(25,26)23-17-7-5-6-8-18-23/h9-14H,3-8,15-18H2,1-2H3. The maximum absolute atomic E-state index is 12.8. The van der Waals surface area contributed by atoms with Crippen molar-refractivity contribution in [3.63, 3.8) is 0 Å². The summed E-state index contributed by atoms with van der Waals surface area (Å²) in [5, 5.41) is 0. The van der Waals surface area contributed by atoms with E-state index in [-0.39, 0.29) is 5.91 Å². The Morgan fingerprint density at radius 3 is 2.07 bits per heavy atom. The predicted molar refractivity (Wildman–Crippen MR) is 110 cm³/mol. The number of carbonyl (C=O) groups is 1. The summed E-state index contributed by atoms with van der Waals surface area (Å²) in [6.45, 7) is 6.83. The zero-order valence-electron chi connectivity index (χ0n) is 16.6. The Morgan fingerprint density at radius 2 is 1.56 bits per heavy atom. The highest BCUT2D eigenvalue weighted by Crippen LogP contribution is 2.21.